The number of Topliss-reactive ketones (excluding diaryl/α,β-unsaturated/α-hetero) is 1. The lowest BCUT2D eigenvalue weighted by atomic mass is 9.83. The number of fused-ring (bicyclic) bond motifs is 1. The van der Waals surface area contributed by atoms with Gasteiger partial charge in [-0.2, -0.15) is 5.10 Å². The number of hydrogen-bond donors (Lipinski definition) is 1. The van der Waals surface area contributed by atoms with Gasteiger partial charge in [-0.3, -0.25) is 14.5 Å². The van der Waals surface area contributed by atoms with Crippen molar-refractivity contribution in [1.29, 1.82) is 0 Å². The molecule has 1 aromatic rings. The first-order valence-corrected chi connectivity index (χ1v) is 11.6. The monoisotopic (exact) mass is 424 g/mol. The zero-order valence-electron chi connectivity index (χ0n) is 18.3. The highest BCUT2D eigenvalue weighted by Gasteiger charge is 2.36. The van der Waals surface area contributed by atoms with Crippen LogP contribution in [0, 0.1) is 11.8 Å². The Kier molecular flexibility index (Phi) is 6.68. The van der Waals surface area contributed by atoms with E-state index in [4.69, 9.17) is 5.10 Å². The number of likely N-dealkylation sites (N-methyl/N-ethyl adjacent to an activating group) is 1. The molecule has 0 spiro atoms. The maximum atomic E-state index is 13.6. The maximum absolute atomic E-state index is 13.6. The standard InChI is InChI=1S/C24H32N4O3/c1-25-22(30)16-28-24(31)27(15-21(29)17-9-5-6-10-17)20-14-8-7-13-19(20)23(26-28)18-11-3-2-4-12-18/h7-8,13-14,17-18H,2-6,9-12,15-16H2,1H3,(H,25,30). The van der Waals surface area contributed by atoms with Gasteiger partial charge >= 0.3 is 6.03 Å². The molecule has 2 fully saturated rings. The number of anilines is 1. The van der Waals surface area contributed by atoms with E-state index in [0.29, 0.717) is 0 Å². The van der Waals surface area contributed by atoms with Crippen LogP contribution >= 0.6 is 0 Å². The summed E-state index contributed by atoms with van der Waals surface area (Å²) in [4.78, 5) is 40.3. The molecule has 2 aliphatic carbocycles. The summed E-state index contributed by atoms with van der Waals surface area (Å²) in [5.74, 6) is 0.0875. The first-order chi connectivity index (χ1) is 15.1. The van der Waals surface area contributed by atoms with Crippen molar-refractivity contribution in [3.05, 3.63) is 29.8 Å². The Labute approximate surface area is 183 Å². The van der Waals surface area contributed by atoms with Crippen LogP contribution in [0.3, 0.4) is 0 Å². The van der Waals surface area contributed by atoms with Crippen LogP contribution in [0.5, 0.6) is 0 Å². The second kappa shape index (κ2) is 9.62. The topological polar surface area (TPSA) is 82.1 Å². The Bertz CT molecular complexity index is 869. The Balaban J connectivity index is 1.73. The van der Waals surface area contributed by atoms with E-state index in [1.54, 1.807) is 7.05 Å². The fourth-order valence-electron chi connectivity index (χ4n) is 5.08. The van der Waals surface area contributed by atoms with Gasteiger partial charge in [-0.25, -0.2) is 9.80 Å². The number of para-hydroxylation sites is 1. The summed E-state index contributed by atoms with van der Waals surface area (Å²) in [5.41, 5.74) is 2.49. The minimum Gasteiger partial charge on any atom is -0.358 e. The molecule has 166 valence electrons. The quantitative estimate of drug-likeness (QED) is 0.756. The Morgan fingerprint density at radius 3 is 2.39 bits per heavy atom. The fourth-order valence-corrected chi connectivity index (χ4v) is 5.08. The van der Waals surface area contributed by atoms with Crippen molar-refractivity contribution in [3.63, 3.8) is 0 Å². The number of benzene rings is 1. The van der Waals surface area contributed by atoms with Crippen molar-refractivity contribution in [2.45, 2.75) is 57.8 Å². The summed E-state index contributed by atoms with van der Waals surface area (Å²) in [5, 5.41) is 8.59. The van der Waals surface area contributed by atoms with Crippen molar-refractivity contribution in [1.82, 2.24) is 10.3 Å². The molecule has 31 heavy (non-hydrogen) atoms. The van der Waals surface area contributed by atoms with E-state index >= 15 is 0 Å². The molecule has 0 bridgehead atoms. The highest BCUT2D eigenvalue weighted by Crippen LogP contribution is 2.34. The van der Waals surface area contributed by atoms with Crippen molar-refractivity contribution in [3.8, 4) is 0 Å². The van der Waals surface area contributed by atoms with Crippen LogP contribution in [0.25, 0.3) is 0 Å². The van der Waals surface area contributed by atoms with Gasteiger partial charge in [0.2, 0.25) is 5.91 Å². The van der Waals surface area contributed by atoms with E-state index in [0.717, 1.165) is 68.3 Å². The van der Waals surface area contributed by atoms with Crippen LogP contribution in [-0.2, 0) is 9.59 Å². The molecule has 4 rings (SSSR count). The molecule has 1 aliphatic heterocycles. The molecule has 7 nitrogen and oxygen atoms in total. The molecular formula is C24H32N4O3. The molecule has 7 heteroatoms. The summed E-state index contributed by atoms with van der Waals surface area (Å²) >= 11 is 0. The molecule has 1 aromatic carbocycles. The lowest BCUT2D eigenvalue weighted by molar-refractivity contribution is -0.121. The van der Waals surface area contributed by atoms with Gasteiger partial charge in [0.15, 0.2) is 5.78 Å². The van der Waals surface area contributed by atoms with Crippen LogP contribution in [0.15, 0.2) is 29.4 Å². The lowest BCUT2D eigenvalue weighted by Gasteiger charge is -2.26. The Hall–Kier alpha value is -2.70. The SMILES string of the molecule is CNC(=O)CN1N=C(C2CCCCC2)c2ccccc2N(CC(=O)C2CCCC2)C1=O. The third-order valence-corrected chi connectivity index (χ3v) is 6.84. The van der Waals surface area contributed by atoms with Crippen molar-refractivity contribution >= 4 is 29.1 Å². The van der Waals surface area contributed by atoms with Gasteiger partial charge < -0.3 is 5.32 Å². The number of urea groups is 1. The predicted molar refractivity (Wildman–Crippen MR) is 120 cm³/mol. The number of rotatable bonds is 6. The molecule has 2 saturated carbocycles. The molecule has 0 unspecified atom stereocenters. The minimum atomic E-state index is -0.409. The van der Waals surface area contributed by atoms with Crippen molar-refractivity contribution in [2.75, 3.05) is 25.0 Å². The summed E-state index contributed by atoms with van der Waals surface area (Å²) in [6.45, 7) is -0.133. The number of nitrogens with one attached hydrogen (secondary N) is 1. The van der Waals surface area contributed by atoms with Crippen molar-refractivity contribution < 1.29 is 14.4 Å². The average Bonchev–Trinajstić information content (AvgIpc) is 3.32. The largest absolute Gasteiger partial charge is 0.358 e. The second-order valence-corrected chi connectivity index (χ2v) is 8.88. The summed E-state index contributed by atoms with van der Waals surface area (Å²) in [6.07, 6.45) is 9.47. The second-order valence-electron chi connectivity index (χ2n) is 8.88. The van der Waals surface area contributed by atoms with Gasteiger partial charge in [0.05, 0.1) is 17.9 Å². The van der Waals surface area contributed by atoms with E-state index in [9.17, 15) is 14.4 Å². The van der Waals surface area contributed by atoms with Crippen molar-refractivity contribution in [2.24, 2.45) is 16.9 Å². The van der Waals surface area contributed by atoms with Gasteiger partial charge in [0, 0.05) is 24.4 Å². The third-order valence-electron chi connectivity index (χ3n) is 6.84. The zero-order valence-corrected chi connectivity index (χ0v) is 18.3. The van der Waals surface area contributed by atoms with E-state index in [1.165, 1.54) is 16.3 Å². The summed E-state index contributed by atoms with van der Waals surface area (Å²) < 4.78 is 0. The van der Waals surface area contributed by atoms with Gasteiger partial charge in [0.1, 0.15) is 6.54 Å². The van der Waals surface area contributed by atoms with Crippen LogP contribution in [0.1, 0.15) is 63.4 Å². The molecule has 1 heterocycles. The van der Waals surface area contributed by atoms with E-state index < -0.39 is 6.03 Å². The molecule has 3 aliphatic rings. The van der Waals surface area contributed by atoms with Gasteiger partial charge in [-0.05, 0) is 31.7 Å². The third kappa shape index (κ3) is 4.65. The summed E-state index contributed by atoms with van der Waals surface area (Å²) in [6, 6.07) is 7.33. The number of ketones is 1. The number of hydrogen-bond acceptors (Lipinski definition) is 4. The number of carbonyl (C=O) groups excluding carboxylic acids is 3. The zero-order chi connectivity index (χ0) is 21.8. The highest BCUT2D eigenvalue weighted by molar-refractivity contribution is 6.13. The van der Waals surface area contributed by atoms with Crippen LogP contribution < -0.4 is 10.2 Å². The fraction of sp³-hybridized carbons (Fsp3) is 0.583. The summed E-state index contributed by atoms with van der Waals surface area (Å²) in [7, 11) is 1.55. The van der Waals surface area contributed by atoms with E-state index in [-0.39, 0.29) is 36.6 Å². The normalized spacial score (nSPS) is 20.3. The van der Waals surface area contributed by atoms with Gasteiger partial charge in [-0.1, -0.05) is 50.3 Å². The van der Waals surface area contributed by atoms with Crippen LogP contribution in [0.4, 0.5) is 10.5 Å². The number of carbonyl (C=O) groups is 3. The van der Waals surface area contributed by atoms with Crippen LogP contribution in [0.2, 0.25) is 0 Å². The predicted octanol–water partition coefficient (Wildman–Crippen LogP) is 3.72. The molecule has 0 saturated heterocycles. The minimum absolute atomic E-state index is 0.0225. The maximum Gasteiger partial charge on any atom is 0.345 e. The molecule has 0 aromatic heterocycles. The van der Waals surface area contributed by atoms with Gasteiger partial charge in [-0.15, -0.1) is 0 Å². The number of amides is 3. The van der Waals surface area contributed by atoms with E-state index in [1.807, 2.05) is 24.3 Å². The Morgan fingerprint density at radius 2 is 1.68 bits per heavy atom. The molecule has 0 atom stereocenters. The molecule has 3 amide bonds. The van der Waals surface area contributed by atoms with E-state index in [2.05, 4.69) is 5.32 Å². The number of hydrazone groups is 1. The highest BCUT2D eigenvalue weighted by atomic mass is 16.2. The molecule has 0 radical (unpaired) electrons. The molecule has 1 N–H and O–H groups in total. The average molecular weight is 425 g/mol. The first-order valence-electron chi connectivity index (χ1n) is 11.6. The van der Waals surface area contributed by atoms with Crippen LogP contribution in [-0.4, -0.2) is 48.6 Å². The Morgan fingerprint density at radius 1 is 1.00 bits per heavy atom. The lowest BCUT2D eigenvalue weighted by Crippen LogP contribution is -2.46. The number of nitrogens with zero attached hydrogens (tertiary/aromatic N) is 3. The first kappa shape index (κ1) is 21.5. The molecular weight excluding hydrogens is 392 g/mol. The van der Waals surface area contributed by atoms with Gasteiger partial charge in [0.25, 0.3) is 0 Å². The smallest absolute Gasteiger partial charge is 0.345 e.